The maximum atomic E-state index is 12.6. The second-order valence-corrected chi connectivity index (χ2v) is 5.84. The zero-order valence-corrected chi connectivity index (χ0v) is 14.7. The van der Waals surface area contributed by atoms with Gasteiger partial charge in [-0.05, 0) is 42.8 Å². The molecule has 132 valence electrons. The molecule has 6 heteroatoms. The fraction of sp³-hybridized carbons (Fsp3) is 0.263. The van der Waals surface area contributed by atoms with Gasteiger partial charge in [-0.2, -0.15) is 0 Å². The van der Waals surface area contributed by atoms with Gasteiger partial charge in [0.1, 0.15) is 0 Å². The Bertz CT molecular complexity index is 772. The topological polar surface area (TPSA) is 84.7 Å². The van der Waals surface area contributed by atoms with E-state index < -0.39 is 5.97 Å². The minimum absolute atomic E-state index is 0.296. The Balaban J connectivity index is 2.21. The van der Waals surface area contributed by atoms with Crippen molar-refractivity contribution < 1.29 is 14.3 Å². The summed E-state index contributed by atoms with van der Waals surface area (Å²) in [4.78, 5) is 26.4. The number of carbonyl (C=O) groups is 2. The Morgan fingerprint density at radius 2 is 1.92 bits per heavy atom. The maximum absolute atomic E-state index is 12.6. The zero-order valence-electron chi connectivity index (χ0n) is 14.7. The van der Waals surface area contributed by atoms with Crippen LogP contribution in [0.15, 0.2) is 42.5 Å². The van der Waals surface area contributed by atoms with E-state index in [1.807, 2.05) is 25.9 Å². The minimum atomic E-state index is -0.407. The normalized spacial score (nSPS) is 10.2. The quantitative estimate of drug-likeness (QED) is 0.623. The van der Waals surface area contributed by atoms with Gasteiger partial charge in [0.05, 0.1) is 17.7 Å². The molecule has 6 nitrogen and oxygen atoms in total. The van der Waals surface area contributed by atoms with Crippen molar-refractivity contribution in [1.82, 2.24) is 0 Å². The summed E-state index contributed by atoms with van der Waals surface area (Å²) in [5.74, 6) is -0.703. The number of hydrogen-bond donors (Lipinski definition) is 2. The summed E-state index contributed by atoms with van der Waals surface area (Å²) in [6.07, 6.45) is 0.755. The van der Waals surface area contributed by atoms with Gasteiger partial charge in [-0.15, -0.1) is 0 Å². The number of ether oxygens (including phenoxy) is 1. The summed E-state index contributed by atoms with van der Waals surface area (Å²) >= 11 is 0. The van der Waals surface area contributed by atoms with E-state index in [-0.39, 0.29) is 5.91 Å². The van der Waals surface area contributed by atoms with Crippen LogP contribution in [0, 0.1) is 0 Å². The average molecular weight is 341 g/mol. The van der Waals surface area contributed by atoms with Crippen LogP contribution in [0.1, 0.15) is 34.1 Å². The second-order valence-electron chi connectivity index (χ2n) is 5.84. The van der Waals surface area contributed by atoms with Crippen LogP contribution in [-0.4, -0.2) is 32.6 Å². The van der Waals surface area contributed by atoms with Gasteiger partial charge < -0.3 is 20.7 Å². The number of nitrogens with one attached hydrogen (secondary N) is 1. The van der Waals surface area contributed by atoms with E-state index in [9.17, 15) is 9.59 Å². The molecule has 1 amide bonds. The van der Waals surface area contributed by atoms with Gasteiger partial charge in [0.2, 0.25) is 0 Å². The average Bonchev–Trinajstić information content (AvgIpc) is 2.59. The number of anilines is 3. The molecule has 2 aromatic carbocycles. The number of hydrogen-bond acceptors (Lipinski definition) is 5. The molecule has 25 heavy (non-hydrogen) atoms. The van der Waals surface area contributed by atoms with E-state index in [1.54, 1.807) is 42.5 Å². The Morgan fingerprint density at radius 3 is 2.60 bits per heavy atom. The highest BCUT2D eigenvalue weighted by Crippen LogP contribution is 2.23. The van der Waals surface area contributed by atoms with E-state index in [4.69, 9.17) is 10.5 Å². The second kappa shape index (κ2) is 8.19. The van der Waals surface area contributed by atoms with Crippen molar-refractivity contribution in [2.24, 2.45) is 0 Å². The smallest absolute Gasteiger partial charge is 0.338 e. The van der Waals surface area contributed by atoms with E-state index in [0.29, 0.717) is 29.1 Å². The lowest BCUT2D eigenvalue weighted by molar-refractivity contribution is 0.0505. The number of benzene rings is 2. The van der Waals surface area contributed by atoms with Gasteiger partial charge in [0, 0.05) is 31.2 Å². The number of amides is 1. The fourth-order valence-electron chi connectivity index (χ4n) is 2.33. The van der Waals surface area contributed by atoms with Crippen molar-refractivity contribution in [3.63, 3.8) is 0 Å². The van der Waals surface area contributed by atoms with Crippen molar-refractivity contribution in [1.29, 1.82) is 0 Å². The fourth-order valence-corrected chi connectivity index (χ4v) is 2.33. The van der Waals surface area contributed by atoms with Crippen LogP contribution in [0.5, 0.6) is 0 Å². The van der Waals surface area contributed by atoms with Crippen molar-refractivity contribution >= 4 is 28.9 Å². The third kappa shape index (κ3) is 4.73. The first-order chi connectivity index (χ1) is 11.9. The first-order valence-electron chi connectivity index (χ1n) is 8.07. The summed E-state index contributed by atoms with van der Waals surface area (Å²) in [7, 11) is 3.71. The molecule has 0 aliphatic rings. The molecule has 0 radical (unpaired) electrons. The molecule has 3 N–H and O–H groups in total. The van der Waals surface area contributed by atoms with Gasteiger partial charge in [-0.25, -0.2) is 4.79 Å². The molecule has 0 aliphatic heterocycles. The monoisotopic (exact) mass is 341 g/mol. The number of rotatable bonds is 6. The molecular weight excluding hydrogens is 318 g/mol. The molecule has 0 aliphatic carbocycles. The summed E-state index contributed by atoms with van der Waals surface area (Å²) in [5, 5.41) is 2.80. The van der Waals surface area contributed by atoms with Crippen LogP contribution in [0.25, 0.3) is 0 Å². The molecule has 0 unspecified atom stereocenters. The minimum Gasteiger partial charge on any atom is -0.462 e. The molecule has 0 fully saturated rings. The number of carbonyl (C=O) groups excluding carboxylic acids is 2. The predicted molar refractivity (Wildman–Crippen MR) is 100 cm³/mol. The molecule has 0 aromatic heterocycles. The van der Waals surface area contributed by atoms with Crippen LogP contribution in [0.3, 0.4) is 0 Å². The predicted octanol–water partition coefficient (Wildman–Crippen LogP) is 3.15. The number of nitrogens with zero attached hydrogens (tertiary/aromatic N) is 1. The third-order valence-corrected chi connectivity index (χ3v) is 3.54. The highest BCUT2D eigenvalue weighted by molar-refractivity contribution is 6.09. The van der Waals surface area contributed by atoms with Crippen molar-refractivity contribution in [3.8, 4) is 0 Å². The zero-order chi connectivity index (χ0) is 18.4. The molecule has 0 bridgehead atoms. The third-order valence-electron chi connectivity index (χ3n) is 3.54. The first-order valence-corrected chi connectivity index (χ1v) is 8.07. The first kappa shape index (κ1) is 18.3. The lowest BCUT2D eigenvalue weighted by atomic mass is 10.1. The number of esters is 1. The summed E-state index contributed by atoms with van der Waals surface area (Å²) in [6, 6.07) is 11.8. The number of nitrogens with two attached hydrogens (primary N) is 1. The summed E-state index contributed by atoms with van der Waals surface area (Å²) in [6.45, 7) is 2.29. The van der Waals surface area contributed by atoms with Gasteiger partial charge in [0.25, 0.3) is 5.91 Å². The van der Waals surface area contributed by atoms with Crippen LogP contribution in [0.4, 0.5) is 17.1 Å². The SMILES string of the molecule is CCCOC(=O)c1cccc(NC(=O)c2cc(N)ccc2N(C)C)c1. The highest BCUT2D eigenvalue weighted by Gasteiger charge is 2.15. The van der Waals surface area contributed by atoms with E-state index >= 15 is 0 Å². The summed E-state index contributed by atoms with van der Waals surface area (Å²) in [5.41, 5.74) is 8.45. The van der Waals surface area contributed by atoms with E-state index in [0.717, 1.165) is 12.1 Å². The van der Waals surface area contributed by atoms with Gasteiger partial charge in [0.15, 0.2) is 0 Å². The molecule has 2 rings (SSSR count). The lowest BCUT2D eigenvalue weighted by Crippen LogP contribution is -2.19. The van der Waals surface area contributed by atoms with E-state index in [2.05, 4.69) is 5.32 Å². The molecular formula is C19H23N3O3. The van der Waals surface area contributed by atoms with Gasteiger partial charge in [-0.3, -0.25) is 4.79 Å². The molecule has 0 heterocycles. The van der Waals surface area contributed by atoms with Crippen molar-refractivity contribution in [3.05, 3.63) is 53.6 Å². The standard InChI is InChI=1S/C19H23N3O3/c1-4-10-25-19(24)13-6-5-7-15(11-13)21-18(23)16-12-14(20)8-9-17(16)22(2)3/h5-9,11-12H,4,10,20H2,1-3H3,(H,21,23). The van der Waals surface area contributed by atoms with Gasteiger partial charge >= 0.3 is 5.97 Å². The van der Waals surface area contributed by atoms with E-state index in [1.165, 1.54) is 0 Å². The molecule has 0 spiro atoms. The van der Waals surface area contributed by atoms with Crippen LogP contribution in [-0.2, 0) is 4.74 Å². The molecule has 0 saturated heterocycles. The van der Waals surface area contributed by atoms with Crippen molar-refractivity contribution in [2.45, 2.75) is 13.3 Å². The van der Waals surface area contributed by atoms with Crippen LogP contribution in [0.2, 0.25) is 0 Å². The molecule has 0 atom stereocenters. The Kier molecular flexibility index (Phi) is 6.00. The van der Waals surface area contributed by atoms with Gasteiger partial charge in [-0.1, -0.05) is 13.0 Å². The Hall–Kier alpha value is -3.02. The Labute approximate surface area is 147 Å². The van der Waals surface area contributed by atoms with Crippen LogP contribution < -0.4 is 16.0 Å². The number of nitrogen functional groups attached to an aromatic ring is 1. The largest absolute Gasteiger partial charge is 0.462 e. The van der Waals surface area contributed by atoms with Crippen LogP contribution >= 0.6 is 0 Å². The lowest BCUT2D eigenvalue weighted by Gasteiger charge is -2.17. The highest BCUT2D eigenvalue weighted by atomic mass is 16.5. The molecule has 2 aromatic rings. The Morgan fingerprint density at radius 1 is 1.16 bits per heavy atom. The molecule has 0 saturated carbocycles. The van der Waals surface area contributed by atoms with Crippen molar-refractivity contribution in [2.75, 3.05) is 36.7 Å². The maximum Gasteiger partial charge on any atom is 0.338 e. The summed E-state index contributed by atoms with van der Waals surface area (Å²) < 4.78 is 5.11.